The first kappa shape index (κ1) is 14.1. The van der Waals surface area contributed by atoms with E-state index in [1.807, 2.05) is 0 Å². The van der Waals surface area contributed by atoms with Crippen LogP contribution in [0.25, 0.3) is 0 Å². The number of hydrogen-bond acceptors (Lipinski definition) is 5. The molecule has 96 valence electrons. The number of nitrogens with one attached hydrogen (secondary N) is 1. The molecule has 1 aromatic rings. The van der Waals surface area contributed by atoms with Gasteiger partial charge in [-0.3, -0.25) is 4.21 Å². The monoisotopic (exact) mass is 277 g/mol. The lowest BCUT2D eigenvalue weighted by Gasteiger charge is -2.11. The van der Waals surface area contributed by atoms with Crippen LogP contribution in [0, 0.1) is 0 Å². The lowest BCUT2D eigenvalue weighted by molar-refractivity contribution is 0.577. The largest absolute Gasteiger partial charge is 0.396 e. The van der Waals surface area contributed by atoms with Crippen LogP contribution in [0.4, 0.5) is 5.69 Å². The van der Waals surface area contributed by atoms with Crippen LogP contribution in [0.15, 0.2) is 23.4 Å². The first-order valence-electron chi connectivity index (χ1n) is 4.87. The first-order chi connectivity index (χ1) is 7.84. The molecule has 0 aromatic carbocycles. The number of hydrogen-bond donors (Lipinski definition) is 2. The maximum atomic E-state index is 11.8. The molecular formula is C9H15N3O3S2. The Bertz CT molecular complexity index is 516. The molecule has 17 heavy (non-hydrogen) atoms. The molecule has 0 fully saturated rings. The molecule has 0 saturated carbocycles. The van der Waals surface area contributed by atoms with Gasteiger partial charge in [0.05, 0.1) is 5.69 Å². The fraction of sp³-hybridized carbons (Fsp3) is 0.444. The SMILES string of the molecule is CC(CNS(=O)(=O)c1ncccc1N)S(C)=O. The minimum absolute atomic E-state index is 0.0848. The number of nitrogens with zero attached hydrogens (tertiary/aromatic N) is 1. The fourth-order valence-corrected chi connectivity index (χ4v) is 2.65. The van der Waals surface area contributed by atoms with E-state index in [0.29, 0.717) is 0 Å². The maximum Gasteiger partial charge on any atom is 0.260 e. The summed E-state index contributed by atoms with van der Waals surface area (Å²) in [5.41, 5.74) is 5.62. The number of nitrogen functional groups attached to an aromatic ring is 1. The summed E-state index contributed by atoms with van der Waals surface area (Å²) in [7, 11) is -4.83. The number of rotatable bonds is 5. The van der Waals surface area contributed by atoms with Crippen molar-refractivity contribution in [3.8, 4) is 0 Å². The van der Waals surface area contributed by atoms with E-state index >= 15 is 0 Å². The number of pyridine rings is 1. The Kier molecular flexibility index (Phi) is 4.61. The normalized spacial score (nSPS) is 15.4. The van der Waals surface area contributed by atoms with Crippen LogP contribution in [-0.4, -0.2) is 35.7 Å². The van der Waals surface area contributed by atoms with Gasteiger partial charge in [0.2, 0.25) is 0 Å². The van der Waals surface area contributed by atoms with Crippen LogP contribution < -0.4 is 10.5 Å². The van der Waals surface area contributed by atoms with Gasteiger partial charge in [-0.05, 0) is 19.1 Å². The molecule has 0 saturated heterocycles. The van der Waals surface area contributed by atoms with Crippen molar-refractivity contribution in [1.29, 1.82) is 0 Å². The summed E-state index contributed by atoms with van der Waals surface area (Å²) in [6.07, 6.45) is 2.88. The standard InChI is InChI=1S/C9H15N3O3S2/c1-7(16(2)13)6-12-17(14,15)9-8(10)4-3-5-11-9/h3-5,7,12H,6,10H2,1-2H3. The lowest BCUT2D eigenvalue weighted by atomic mass is 10.4. The highest BCUT2D eigenvalue weighted by Gasteiger charge is 2.20. The van der Waals surface area contributed by atoms with Crippen LogP contribution in [-0.2, 0) is 20.8 Å². The van der Waals surface area contributed by atoms with E-state index in [9.17, 15) is 12.6 Å². The van der Waals surface area contributed by atoms with Crippen molar-refractivity contribution in [2.24, 2.45) is 0 Å². The molecule has 0 amide bonds. The van der Waals surface area contributed by atoms with Crippen molar-refractivity contribution in [1.82, 2.24) is 9.71 Å². The molecular weight excluding hydrogens is 262 g/mol. The van der Waals surface area contributed by atoms with Gasteiger partial charge in [-0.2, -0.15) is 0 Å². The maximum absolute atomic E-state index is 11.8. The van der Waals surface area contributed by atoms with Gasteiger partial charge in [-0.15, -0.1) is 0 Å². The van der Waals surface area contributed by atoms with Crippen molar-refractivity contribution in [3.05, 3.63) is 18.3 Å². The number of anilines is 1. The van der Waals surface area contributed by atoms with Crippen LogP contribution in [0.2, 0.25) is 0 Å². The van der Waals surface area contributed by atoms with Gasteiger partial charge in [-0.1, -0.05) is 0 Å². The van der Waals surface area contributed by atoms with E-state index in [-0.39, 0.29) is 22.5 Å². The number of nitrogens with two attached hydrogens (primary N) is 1. The van der Waals surface area contributed by atoms with E-state index in [2.05, 4.69) is 9.71 Å². The van der Waals surface area contributed by atoms with Crippen molar-refractivity contribution < 1.29 is 12.6 Å². The van der Waals surface area contributed by atoms with Crippen LogP contribution >= 0.6 is 0 Å². The van der Waals surface area contributed by atoms with Gasteiger partial charge >= 0.3 is 0 Å². The zero-order valence-corrected chi connectivity index (χ0v) is 11.2. The summed E-state index contributed by atoms with van der Waals surface area (Å²) in [6, 6.07) is 3.01. The van der Waals surface area contributed by atoms with Crippen LogP contribution in [0.3, 0.4) is 0 Å². The predicted molar refractivity (Wildman–Crippen MR) is 67.4 cm³/mol. The predicted octanol–water partition coefficient (Wildman–Crippen LogP) is -0.291. The van der Waals surface area contributed by atoms with E-state index < -0.39 is 20.8 Å². The van der Waals surface area contributed by atoms with Gasteiger partial charge in [-0.25, -0.2) is 18.1 Å². The molecule has 1 aromatic heterocycles. The molecule has 3 N–H and O–H groups in total. The number of aromatic nitrogens is 1. The fourth-order valence-electron chi connectivity index (χ4n) is 1.04. The second kappa shape index (κ2) is 5.56. The van der Waals surface area contributed by atoms with E-state index in [1.54, 1.807) is 13.0 Å². The van der Waals surface area contributed by atoms with Crippen molar-refractivity contribution in [2.75, 3.05) is 18.5 Å². The van der Waals surface area contributed by atoms with Crippen molar-refractivity contribution >= 4 is 26.5 Å². The molecule has 0 aliphatic carbocycles. The molecule has 0 spiro atoms. The zero-order valence-electron chi connectivity index (χ0n) is 9.58. The van der Waals surface area contributed by atoms with E-state index in [1.165, 1.54) is 18.5 Å². The van der Waals surface area contributed by atoms with Gasteiger partial charge in [0.1, 0.15) is 0 Å². The summed E-state index contributed by atoms with van der Waals surface area (Å²) in [5.74, 6) is 0. The Labute approximate surface area is 103 Å². The second-order valence-corrected chi connectivity index (χ2v) is 7.04. The molecule has 2 atom stereocenters. The third kappa shape index (κ3) is 3.76. The molecule has 0 aliphatic heterocycles. The lowest BCUT2D eigenvalue weighted by Crippen LogP contribution is -2.33. The molecule has 1 heterocycles. The van der Waals surface area contributed by atoms with Gasteiger partial charge in [0.25, 0.3) is 10.0 Å². The Morgan fingerprint density at radius 2 is 2.24 bits per heavy atom. The Hall–Kier alpha value is -0.990. The molecule has 1 rings (SSSR count). The summed E-state index contributed by atoms with van der Waals surface area (Å²) in [6.45, 7) is 1.78. The molecule has 0 aliphatic rings. The van der Waals surface area contributed by atoms with Gasteiger partial charge in [0, 0.05) is 35.0 Å². The highest BCUT2D eigenvalue weighted by molar-refractivity contribution is 7.89. The average molecular weight is 277 g/mol. The Morgan fingerprint density at radius 1 is 1.59 bits per heavy atom. The quantitative estimate of drug-likeness (QED) is 0.770. The highest BCUT2D eigenvalue weighted by Crippen LogP contribution is 2.13. The topological polar surface area (TPSA) is 102 Å². The summed E-state index contributed by atoms with van der Waals surface area (Å²) < 4.78 is 37.1. The molecule has 0 bridgehead atoms. The smallest absolute Gasteiger partial charge is 0.260 e. The van der Waals surface area contributed by atoms with E-state index in [0.717, 1.165) is 0 Å². The summed E-state index contributed by atoms with van der Waals surface area (Å²) >= 11 is 0. The highest BCUT2D eigenvalue weighted by atomic mass is 32.2. The number of sulfonamides is 1. The van der Waals surface area contributed by atoms with Crippen LogP contribution in [0.1, 0.15) is 6.92 Å². The van der Waals surface area contributed by atoms with Gasteiger partial charge in [0.15, 0.2) is 5.03 Å². The van der Waals surface area contributed by atoms with Crippen molar-refractivity contribution in [2.45, 2.75) is 17.2 Å². The van der Waals surface area contributed by atoms with Gasteiger partial charge < -0.3 is 5.73 Å². The Morgan fingerprint density at radius 3 is 2.76 bits per heavy atom. The van der Waals surface area contributed by atoms with E-state index in [4.69, 9.17) is 5.73 Å². The molecule has 6 nitrogen and oxygen atoms in total. The third-order valence-corrected chi connectivity index (χ3v) is 4.88. The van der Waals surface area contributed by atoms with Crippen molar-refractivity contribution in [3.63, 3.8) is 0 Å². The molecule has 2 unspecified atom stereocenters. The molecule has 0 radical (unpaired) electrons. The van der Waals surface area contributed by atoms with Crippen LogP contribution in [0.5, 0.6) is 0 Å². The first-order valence-corrected chi connectivity index (χ1v) is 7.97. The Balaban J connectivity index is 2.84. The second-order valence-electron chi connectivity index (χ2n) is 3.56. The third-order valence-electron chi connectivity index (χ3n) is 2.18. The minimum atomic E-state index is -3.74. The summed E-state index contributed by atoms with van der Waals surface area (Å²) in [4.78, 5) is 3.72. The summed E-state index contributed by atoms with van der Waals surface area (Å²) in [5, 5.41) is -0.469. The minimum Gasteiger partial charge on any atom is -0.396 e. The molecule has 8 heteroatoms. The average Bonchev–Trinajstić information content (AvgIpc) is 2.26. The zero-order chi connectivity index (χ0) is 13.1.